The smallest absolute Gasteiger partial charge is 0.335 e. The van der Waals surface area contributed by atoms with Crippen molar-refractivity contribution in [3.05, 3.63) is 53.1 Å². The second kappa shape index (κ2) is 6.33. The van der Waals surface area contributed by atoms with Gasteiger partial charge in [0.05, 0.1) is 5.56 Å². The van der Waals surface area contributed by atoms with Gasteiger partial charge in [-0.3, -0.25) is 0 Å². The zero-order valence-corrected chi connectivity index (χ0v) is 12.4. The third-order valence-corrected chi connectivity index (χ3v) is 3.76. The molecule has 2 aromatic rings. The van der Waals surface area contributed by atoms with E-state index in [4.69, 9.17) is 9.84 Å². The fourth-order valence-electron chi connectivity index (χ4n) is 1.94. The molecule has 0 spiro atoms. The molecule has 0 aliphatic heterocycles. The lowest BCUT2D eigenvalue weighted by Crippen LogP contribution is -1.99. The zero-order valence-electron chi connectivity index (χ0n) is 11.6. The van der Waals surface area contributed by atoms with E-state index in [9.17, 15) is 10.1 Å². The molecule has 0 saturated heterocycles. The summed E-state index contributed by atoms with van der Waals surface area (Å²) in [6, 6.07) is 12.3. The van der Waals surface area contributed by atoms with Gasteiger partial charge in [-0.1, -0.05) is 6.07 Å². The molecule has 2 rings (SSSR count). The van der Waals surface area contributed by atoms with Crippen molar-refractivity contribution in [3.63, 3.8) is 0 Å². The van der Waals surface area contributed by atoms with E-state index in [1.54, 1.807) is 25.1 Å². The lowest BCUT2D eigenvalue weighted by molar-refractivity contribution is 0.0696. The molecule has 2 aromatic carbocycles. The average molecular weight is 299 g/mol. The topological polar surface area (TPSA) is 70.3 Å². The van der Waals surface area contributed by atoms with E-state index in [-0.39, 0.29) is 5.56 Å². The Morgan fingerprint density at radius 3 is 2.67 bits per heavy atom. The van der Waals surface area contributed by atoms with Gasteiger partial charge in [0.1, 0.15) is 23.1 Å². The van der Waals surface area contributed by atoms with Crippen molar-refractivity contribution in [1.82, 2.24) is 0 Å². The summed E-state index contributed by atoms with van der Waals surface area (Å²) in [6.07, 6.45) is 1.89. The number of hydrogen-bond acceptors (Lipinski definition) is 4. The minimum Gasteiger partial charge on any atom is -0.478 e. The van der Waals surface area contributed by atoms with Gasteiger partial charge in [-0.15, -0.1) is 11.8 Å². The molecule has 0 radical (unpaired) electrons. The van der Waals surface area contributed by atoms with Crippen LogP contribution < -0.4 is 4.74 Å². The van der Waals surface area contributed by atoms with E-state index >= 15 is 0 Å². The van der Waals surface area contributed by atoms with Gasteiger partial charge in [-0.25, -0.2) is 4.79 Å². The molecule has 21 heavy (non-hydrogen) atoms. The van der Waals surface area contributed by atoms with Crippen LogP contribution in [0.1, 0.15) is 21.5 Å². The van der Waals surface area contributed by atoms with Crippen molar-refractivity contribution in [2.45, 2.75) is 11.8 Å². The number of carbonyl (C=O) groups is 1. The van der Waals surface area contributed by atoms with E-state index in [0.29, 0.717) is 22.6 Å². The van der Waals surface area contributed by atoms with Crippen LogP contribution in [0.4, 0.5) is 0 Å². The SMILES string of the molecule is CSc1cccc(Oc2ccc(C(=O)O)c(C)c2)c1C#N. The van der Waals surface area contributed by atoms with E-state index < -0.39 is 5.97 Å². The first-order chi connectivity index (χ1) is 10.1. The Morgan fingerprint density at radius 2 is 2.10 bits per heavy atom. The molecule has 0 amide bonds. The second-order valence-electron chi connectivity index (χ2n) is 4.33. The van der Waals surface area contributed by atoms with Gasteiger partial charge in [0, 0.05) is 4.90 Å². The molecule has 0 aromatic heterocycles. The molecule has 1 N–H and O–H groups in total. The summed E-state index contributed by atoms with van der Waals surface area (Å²) in [5.41, 5.74) is 1.32. The molecular weight excluding hydrogens is 286 g/mol. The first-order valence-electron chi connectivity index (χ1n) is 6.15. The largest absolute Gasteiger partial charge is 0.478 e. The number of carboxylic acid groups (broad SMARTS) is 1. The Hall–Kier alpha value is -2.45. The van der Waals surface area contributed by atoms with Crippen molar-refractivity contribution in [3.8, 4) is 17.6 Å². The van der Waals surface area contributed by atoms with Crippen LogP contribution in [0.5, 0.6) is 11.5 Å². The number of thioether (sulfide) groups is 1. The van der Waals surface area contributed by atoms with E-state index in [2.05, 4.69) is 6.07 Å². The molecule has 0 heterocycles. The highest BCUT2D eigenvalue weighted by molar-refractivity contribution is 7.98. The molecule has 0 saturated carbocycles. The van der Waals surface area contributed by atoms with Crippen LogP contribution in [0.25, 0.3) is 0 Å². The summed E-state index contributed by atoms with van der Waals surface area (Å²) in [4.78, 5) is 11.8. The Bertz CT molecular complexity index is 735. The maximum Gasteiger partial charge on any atom is 0.335 e. The number of hydrogen-bond donors (Lipinski definition) is 1. The number of aromatic carboxylic acids is 1. The number of nitriles is 1. The number of carboxylic acids is 1. The summed E-state index contributed by atoms with van der Waals surface area (Å²) >= 11 is 1.47. The highest BCUT2D eigenvalue weighted by Crippen LogP contribution is 2.32. The van der Waals surface area contributed by atoms with Crippen LogP contribution in [0.15, 0.2) is 41.3 Å². The molecular formula is C16H13NO3S. The van der Waals surface area contributed by atoms with Gasteiger partial charge in [0.25, 0.3) is 0 Å². The number of ether oxygens (including phenoxy) is 1. The molecule has 4 nitrogen and oxygen atoms in total. The summed E-state index contributed by atoms with van der Waals surface area (Å²) in [5, 5.41) is 18.3. The molecule has 0 atom stereocenters. The molecule has 0 unspecified atom stereocenters. The van der Waals surface area contributed by atoms with Gasteiger partial charge in [-0.05, 0) is 49.1 Å². The maximum atomic E-state index is 11.0. The normalized spacial score (nSPS) is 9.95. The first kappa shape index (κ1) is 14.9. The fourth-order valence-corrected chi connectivity index (χ4v) is 2.51. The Morgan fingerprint density at radius 1 is 1.33 bits per heavy atom. The quantitative estimate of drug-likeness (QED) is 0.861. The molecule has 106 valence electrons. The fraction of sp³-hybridized carbons (Fsp3) is 0.125. The average Bonchev–Trinajstić information content (AvgIpc) is 2.46. The summed E-state index contributed by atoms with van der Waals surface area (Å²) in [5.74, 6) is 0.000206. The van der Waals surface area contributed by atoms with E-state index in [1.165, 1.54) is 17.8 Å². The zero-order chi connectivity index (χ0) is 15.4. The summed E-state index contributed by atoms with van der Waals surface area (Å²) in [7, 11) is 0. The van der Waals surface area contributed by atoms with Gasteiger partial charge in [0.2, 0.25) is 0 Å². The molecule has 0 aliphatic carbocycles. The van der Waals surface area contributed by atoms with Gasteiger partial charge < -0.3 is 9.84 Å². The Balaban J connectivity index is 2.37. The number of benzene rings is 2. The second-order valence-corrected chi connectivity index (χ2v) is 5.18. The van der Waals surface area contributed by atoms with Crippen molar-refractivity contribution >= 4 is 17.7 Å². The molecule has 5 heteroatoms. The van der Waals surface area contributed by atoms with Crippen molar-refractivity contribution < 1.29 is 14.6 Å². The minimum absolute atomic E-state index is 0.237. The third-order valence-electron chi connectivity index (χ3n) is 2.98. The van der Waals surface area contributed by atoms with Crippen molar-refractivity contribution in [2.24, 2.45) is 0 Å². The van der Waals surface area contributed by atoms with Gasteiger partial charge in [-0.2, -0.15) is 5.26 Å². The van der Waals surface area contributed by atoms with E-state index in [0.717, 1.165) is 4.90 Å². The number of aryl methyl sites for hydroxylation is 1. The lowest BCUT2D eigenvalue weighted by atomic mass is 10.1. The van der Waals surface area contributed by atoms with Crippen LogP contribution in [0.2, 0.25) is 0 Å². The van der Waals surface area contributed by atoms with Crippen LogP contribution in [-0.4, -0.2) is 17.3 Å². The van der Waals surface area contributed by atoms with Crippen LogP contribution >= 0.6 is 11.8 Å². The van der Waals surface area contributed by atoms with Crippen LogP contribution in [-0.2, 0) is 0 Å². The van der Waals surface area contributed by atoms with Crippen molar-refractivity contribution in [1.29, 1.82) is 5.26 Å². The van der Waals surface area contributed by atoms with E-state index in [1.807, 2.05) is 18.4 Å². The number of rotatable bonds is 4. The Kier molecular flexibility index (Phi) is 4.51. The molecule has 0 aliphatic rings. The number of nitrogens with zero attached hydrogens (tertiary/aromatic N) is 1. The highest BCUT2D eigenvalue weighted by Gasteiger charge is 2.11. The standard InChI is InChI=1S/C16H13NO3S/c1-10-8-11(6-7-12(10)16(18)19)20-14-4-3-5-15(21-2)13(14)9-17/h3-8H,1-2H3,(H,18,19). The monoisotopic (exact) mass is 299 g/mol. The minimum atomic E-state index is -0.971. The summed E-state index contributed by atoms with van der Waals surface area (Å²) in [6.45, 7) is 1.71. The van der Waals surface area contributed by atoms with Crippen molar-refractivity contribution in [2.75, 3.05) is 6.26 Å². The van der Waals surface area contributed by atoms with Crippen LogP contribution in [0, 0.1) is 18.3 Å². The molecule has 0 bridgehead atoms. The highest BCUT2D eigenvalue weighted by atomic mass is 32.2. The Labute approximate surface area is 127 Å². The maximum absolute atomic E-state index is 11.0. The van der Waals surface area contributed by atoms with Gasteiger partial charge >= 0.3 is 5.97 Å². The third kappa shape index (κ3) is 3.18. The first-order valence-corrected chi connectivity index (χ1v) is 7.38. The van der Waals surface area contributed by atoms with Gasteiger partial charge in [0.15, 0.2) is 0 Å². The lowest BCUT2D eigenvalue weighted by Gasteiger charge is -2.11. The summed E-state index contributed by atoms with van der Waals surface area (Å²) < 4.78 is 5.73. The predicted octanol–water partition coefficient (Wildman–Crippen LogP) is 4.08. The predicted molar refractivity (Wildman–Crippen MR) is 81.2 cm³/mol. The molecule has 0 fully saturated rings. The van der Waals surface area contributed by atoms with Crippen LogP contribution in [0.3, 0.4) is 0 Å².